The van der Waals surface area contributed by atoms with Crippen LogP contribution in [-0.2, 0) is 0 Å². The van der Waals surface area contributed by atoms with Gasteiger partial charge in [0.2, 0.25) is 0 Å². The van der Waals surface area contributed by atoms with Gasteiger partial charge in [0, 0.05) is 5.92 Å². The van der Waals surface area contributed by atoms with Crippen LogP contribution in [0.3, 0.4) is 0 Å². The molecule has 13 heavy (non-hydrogen) atoms. The summed E-state index contributed by atoms with van der Waals surface area (Å²) in [5.74, 6) is 0.459. The lowest BCUT2D eigenvalue weighted by atomic mass is 9.91. The molecule has 0 heterocycles. The standard InChI is InChI=1S/C11H22OSi/c1-9(12)10-7-5-6-8-11(10)13(2,3)4/h8-10,12H,5-7H2,1-4H3. The number of rotatable bonds is 2. The van der Waals surface area contributed by atoms with Crippen molar-refractivity contribution >= 4 is 8.07 Å². The molecule has 0 saturated heterocycles. The highest BCUT2D eigenvalue weighted by atomic mass is 28.3. The van der Waals surface area contributed by atoms with Gasteiger partial charge < -0.3 is 5.11 Å². The van der Waals surface area contributed by atoms with Gasteiger partial charge in [-0.3, -0.25) is 0 Å². The fraction of sp³-hybridized carbons (Fsp3) is 0.818. The second kappa shape index (κ2) is 3.97. The summed E-state index contributed by atoms with van der Waals surface area (Å²) in [6.07, 6.45) is 5.91. The zero-order valence-corrected chi connectivity index (χ0v) is 10.3. The van der Waals surface area contributed by atoms with Crippen molar-refractivity contribution in [2.45, 2.75) is 51.9 Å². The smallest absolute Gasteiger partial charge is 0.0725 e. The van der Waals surface area contributed by atoms with Crippen LogP contribution in [0.4, 0.5) is 0 Å². The highest BCUT2D eigenvalue weighted by molar-refractivity contribution is 6.83. The molecule has 1 aliphatic rings. The molecule has 0 aromatic heterocycles. The van der Waals surface area contributed by atoms with Crippen LogP contribution < -0.4 is 0 Å². The van der Waals surface area contributed by atoms with E-state index in [1.165, 1.54) is 19.3 Å². The zero-order valence-electron chi connectivity index (χ0n) is 9.30. The third-order valence-corrected chi connectivity index (χ3v) is 5.24. The minimum Gasteiger partial charge on any atom is -0.393 e. The van der Waals surface area contributed by atoms with Crippen molar-refractivity contribution < 1.29 is 5.11 Å². The molecule has 0 aromatic rings. The molecule has 0 spiro atoms. The second-order valence-corrected chi connectivity index (χ2v) is 10.3. The van der Waals surface area contributed by atoms with Crippen LogP contribution in [0.15, 0.2) is 11.3 Å². The lowest BCUT2D eigenvalue weighted by molar-refractivity contribution is 0.137. The molecule has 2 atom stereocenters. The highest BCUT2D eigenvalue weighted by Gasteiger charge is 2.30. The van der Waals surface area contributed by atoms with E-state index in [0.29, 0.717) is 5.92 Å². The minimum absolute atomic E-state index is 0.154. The zero-order chi connectivity index (χ0) is 10.1. The first kappa shape index (κ1) is 11.0. The van der Waals surface area contributed by atoms with Gasteiger partial charge in [0.05, 0.1) is 14.2 Å². The van der Waals surface area contributed by atoms with Crippen molar-refractivity contribution in [3.63, 3.8) is 0 Å². The summed E-state index contributed by atoms with van der Waals surface area (Å²) < 4.78 is 0. The lowest BCUT2D eigenvalue weighted by Gasteiger charge is -2.34. The van der Waals surface area contributed by atoms with Gasteiger partial charge in [0.25, 0.3) is 0 Å². The Morgan fingerprint density at radius 2 is 2.08 bits per heavy atom. The topological polar surface area (TPSA) is 20.2 Å². The Balaban J connectivity index is 2.84. The number of aliphatic hydroxyl groups is 1. The van der Waals surface area contributed by atoms with Gasteiger partial charge in [-0.15, -0.1) is 0 Å². The number of hydrogen-bond acceptors (Lipinski definition) is 1. The number of hydrogen-bond donors (Lipinski definition) is 1. The quantitative estimate of drug-likeness (QED) is 0.676. The van der Waals surface area contributed by atoms with E-state index in [4.69, 9.17) is 0 Å². The first-order chi connectivity index (χ1) is 5.93. The Bertz CT molecular complexity index is 201. The van der Waals surface area contributed by atoms with Crippen LogP contribution >= 0.6 is 0 Å². The fourth-order valence-electron chi connectivity index (χ4n) is 2.27. The van der Waals surface area contributed by atoms with E-state index in [2.05, 4.69) is 25.7 Å². The van der Waals surface area contributed by atoms with Crippen LogP contribution in [-0.4, -0.2) is 19.3 Å². The van der Waals surface area contributed by atoms with E-state index in [1.54, 1.807) is 5.20 Å². The van der Waals surface area contributed by atoms with E-state index < -0.39 is 8.07 Å². The van der Waals surface area contributed by atoms with Gasteiger partial charge in [-0.05, 0) is 26.2 Å². The molecule has 0 radical (unpaired) electrons. The van der Waals surface area contributed by atoms with Gasteiger partial charge >= 0.3 is 0 Å². The highest BCUT2D eigenvalue weighted by Crippen LogP contribution is 2.33. The van der Waals surface area contributed by atoms with Crippen LogP contribution in [0.2, 0.25) is 19.6 Å². The number of allylic oxidation sites excluding steroid dienone is 1. The van der Waals surface area contributed by atoms with Crippen molar-refractivity contribution in [3.05, 3.63) is 11.3 Å². The summed E-state index contributed by atoms with van der Waals surface area (Å²) in [6.45, 7) is 9.06. The number of aliphatic hydroxyl groups excluding tert-OH is 1. The Hall–Kier alpha value is -0.0831. The third kappa shape index (κ3) is 2.68. The summed E-state index contributed by atoms with van der Waals surface area (Å²) in [4.78, 5) is 0. The van der Waals surface area contributed by atoms with Crippen molar-refractivity contribution in [3.8, 4) is 0 Å². The molecule has 0 aliphatic heterocycles. The molecule has 2 heteroatoms. The Kier molecular flexibility index (Phi) is 3.36. The molecule has 76 valence electrons. The average molecular weight is 198 g/mol. The lowest BCUT2D eigenvalue weighted by Crippen LogP contribution is -2.35. The maximum atomic E-state index is 9.69. The molecule has 0 saturated carbocycles. The first-order valence-corrected chi connectivity index (χ1v) is 8.81. The third-order valence-electron chi connectivity index (χ3n) is 2.93. The van der Waals surface area contributed by atoms with Gasteiger partial charge in [0.15, 0.2) is 0 Å². The van der Waals surface area contributed by atoms with E-state index >= 15 is 0 Å². The van der Waals surface area contributed by atoms with E-state index in [0.717, 1.165) is 0 Å². The minimum atomic E-state index is -1.18. The maximum Gasteiger partial charge on any atom is 0.0725 e. The molecule has 0 amide bonds. The normalized spacial score (nSPS) is 26.8. The Morgan fingerprint density at radius 3 is 2.46 bits per heavy atom. The summed E-state index contributed by atoms with van der Waals surface area (Å²) >= 11 is 0. The van der Waals surface area contributed by atoms with Crippen molar-refractivity contribution in [1.29, 1.82) is 0 Å². The molecule has 2 unspecified atom stereocenters. The first-order valence-electron chi connectivity index (χ1n) is 5.31. The molecular weight excluding hydrogens is 176 g/mol. The van der Waals surface area contributed by atoms with Gasteiger partial charge in [-0.25, -0.2) is 0 Å². The van der Waals surface area contributed by atoms with E-state index in [-0.39, 0.29) is 6.10 Å². The van der Waals surface area contributed by atoms with Crippen LogP contribution in [0.5, 0.6) is 0 Å². The summed E-state index contributed by atoms with van der Waals surface area (Å²) in [5, 5.41) is 11.3. The van der Waals surface area contributed by atoms with Gasteiger partial charge in [-0.1, -0.05) is 30.9 Å². The summed E-state index contributed by atoms with van der Waals surface area (Å²) in [7, 11) is -1.18. The molecule has 0 fully saturated rings. The fourth-order valence-corrected chi connectivity index (χ4v) is 4.52. The summed E-state index contributed by atoms with van der Waals surface area (Å²) in [6, 6.07) is 0. The Morgan fingerprint density at radius 1 is 1.46 bits per heavy atom. The molecule has 1 rings (SSSR count). The molecule has 1 nitrogen and oxygen atoms in total. The van der Waals surface area contributed by atoms with Crippen LogP contribution in [0.1, 0.15) is 26.2 Å². The van der Waals surface area contributed by atoms with Crippen molar-refractivity contribution in [2.75, 3.05) is 0 Å². The molecule has 0 aromatic carbocycles. The van der Waals surface area contributed by atoms with Gasteiger partial charge in [-0.2, -0.15) is 0 Å². The second-order valence-electron chi connectivity index (χ2n) is 5.19. The SMILES string of the molecule is CC(O)C1CCCC=C1[Si](C)(C)C. The van der Waals surface area contributed by atoms with Crippen LogP contribution in [0.25, 0.3) is 0 Å². The van der Waals surface area contributed by atoms with Gasteiger partial charge in [0.1, 0.15) is 0 Å². The maximum absolute atomic E-state index is 9.69. The molecule has 0 bridgehead atoms. The average Bonchev–Trinajstić information content (AvgIpc) is 2.03. The molecule has 1 aliphatic carbocycles. The van der Waals surface area contributed by atoms with Crippen molar-refractivity contribution in [1.82, 2.24) is 0 Å². The van der Waals surface area contributed by atoms with E-state index in [9.17, 15) is 5.11 Å². The largest absolute Gasteiger partial charge is 0.393 e. The molecular formula is C11H22OSi. The Labute approximate surface area is 82.9 Å². The predicted octanol–water partition coefficient (Wildman–Crippen LogP) is 2.97. The monoisotopic (exact) mass is 198 g/mol. The summed E-state index contributed by atoms with van der Waals surface area (Å²) in [5.41, 5.74) is 0. The van der Waals surface area contributed by atoms with E-state index in [1.807, 2.05) is 6.92 Å². The molecule has 1 N–H and O–H groups in total. The van der Waals surface area contributed by atoms with Crippen molar-refractivity contribution in [2.24, 2.45) is 5.92 Å². The predicted molar refractivity (Wildman–Crippen MR) is 60.5 cm³/mol. The van der Waals surface area contributed by atoms with Crippen LogP contribution in [0, 0.1) is 5.92 Å².